The zero-order chi connectivity index (χ0) is 13.9. The number of rotatable bonds is 3. The smallest absolute Gasteiger partial charge is 0.256 e. The van der Waals surface area contributed by atoms with E-state index in [0.717, 1.165) is 56.0 Å². The number of hydrogen-bond acceptors (Lipinski definition) is 4. The van der Waals surface area contributed by atoms with Crippen LogP contribution in [-0.4, -0.2) is 48.7 Å². The van der Waals surface area contributed by atoms with E-state index in [1.54, 1.807) is 0 Å². The first-order valence-electron chi connectivity index (χ1n) is 7.30. The van der Waals surface area contributed by atoms with Crippen LogP contribution in [0.5, 0.6) is 0 Å². The van der Waals surface area contributed by atoms with Gasteiger partial charge in [-0.05, 0) is 30.9 Å². The number of fused-ring (bicyclic) bond motifs is 1. The lowest BCUT2D eigenvalue weighted by Crippen LogP contribution is -2.31. The number of aliphatic hydroxyl groups excluding tert-OH is 1. The molecule has 3 N–H and O–H groups in total. The largest absolute Gasteiger partial charge is 0.396 e. The predicted octanol–water partition coefficient (Wildman–Crippen LogP) is 1.37. The van der Waals surface area contributed by atoms with Gasteiger partial charge in [0.05, 0.1) is 16.9 Å². The summed E-state index contributed by atoms with van der Waals surface area (Å²) in [5.74, 6) is 0.535. The molecule has 20 heavy (non-hydrogen) atoms. The Bertz CT molecular complexity index is 504. The van der Waals surface area contributed by atoms with E-state index >= 15 is 0 Å². The molecule has 0 bridgehead atoms. The number of amides is 1. The van der Waals surface area contributed by atoms with Crippen LogP contribution in [-0.2, 0) is 0 Å². The van der Waals surface area contributed by atoms with Gasteiger partial charge < -0.3 is 20.6 Å². The molecule has 1 fully saturated rings. The highest BCUT2D eigenvalue weighted by atomic mass is 16.3. The number of hydrogen-bond donors (Lipinski definition) is 3. The Morgan fingerprint density at radius 1 is 1.35 bits per heavy atom. The van der Waals surface area contributed by atoms with Crippen LogP contribution in [0.25, 0.3) is 0 Å². The number of nitrogens with one attached hydrogen (secondary N) is 2. The first-order chi connectivity index (χ1) is 9.79. The maximum Gasteiger partial charge on any atom is 0.256 e. The monoisotopic (exact) mass is 275 g/mol. The topological polar surface area (TPSA) is 64.6 Å². The maximum absolute atomic E-state index is 12.7. The number of benzene rings is 1. The number of anilines is 2. The molecule has 2 aliphatic rings. The van der Waals surface area contributed by atoms with Crippen molar-refractivity contribution >= 4 is 17.3 Å². The SMILES string of the molecule is O=C(c1cccc2c1NCCN2)N1CCC(CCO)C1. The molecular formula is C15H21N3O2. The van der Waals surface area contributed by atoms with Crippen molar-refractivity contribution in [2.45, 2.75) is 12.8 Å². The van der Waals surface area contributed by atoms with Crippen LogP contribution in [0.4, 0.5) is 11.4 Å². The molecule has 1 amide bonds. The highest BCUT2D eigenvalue weighted by Crippen LogP contribution is 2.30. The van der Waals surface area contributed by atoms with Crippen LogP contribution < -0.4 is 10.6 Å². The average Bonchev–Trinajstić information content (AvgIpc) is 2.95. The van der Waals surface area contributed by atoms with E-state index in [1.807, 2.05) is 23.1 Å². The molecule has 0 aromatic heterocycles. The second-order valence-corrected chi connectivity index (χ2v) is 5.50. The summed E-state index contributed by atoms with van der Waals surface area (Å²) in [7, 11) is 0. The van der Waals surface area contributed by atoms with Gasteiger partial charge in [-0.1, -0.05) is 6.07 Å². The maximum atomic E-state index is 12.7. The fourth-order valence-electron chi connectivity index (χ4n) is 3.06. The van der Waals surface area contributed by atoms with Crippen LogP contribution in [0, 0.1) is 5.92 Å². The molecule has 0 spiro atoms. The van der Waals surface area contributed by atoms with Gasteiger partial charge in [0.1, 0.15) is 0 Å². The summed E-state index contributed by atoms with van der Waals surface area (Å²) in [6.07, 6.45) is 1.78. The van der Waals surface area contributed by atoms with E-state index in [2.05, 4.69) is 10.6 Å². The van der Waals surface area contributed by atoms with Gasteiger partial charge in [-0.3, -0.25) is 4.79 Å². The summed E-state index contributed by atoms with van der Waals surface area (Å²) in [4.78, 5) is 14.6. The summed E-state index contributed by atoms with van der Waals surface area (Å²) >= 11 is 0. The van der Waals surface area contributed by atoms with Gasteiger partial charge in [-0.15, -0.1) is 0 Å². The lowest BCUT2D eigenvalue weighted by molar-refractivity contribution is 0.0785. The standard InChI is InChI=1S/C15H21N3O2/c19-9-5-11-4-8-18(10-11)15(20)12-2-1-3-13-14(12)17-7-6-16-13/h1-3,11,16-17,19H,4-10H2. The van der Waals surface area contributed by atoms with E-state index < -0.39 is 0 Å². The van der Waals surface area contributed by atoms with E-state index in [-0.39, 0.29) is 12.5 Å². The van der Waals surface area contributed by atoms with Crippen LogP contribution >= 0.6 is 0 Å². The third-order valence-corrected chi connectivity index (χ3v) is 4.15. The minimum Gasteiger partial charge on any atom is -0.396 e. The third-order valence-electron chi connectivity index (χ3n) is 4.15. The van der Waals surface area contributed by atoms with Crippen LogP contribution in [0.2, 0.25) is 0 Å². The molecule has 108 valence electrons. The Balaban J connectivity index is 1.78. The molecule has 0 aliphatic carbocycles. The molecular weight excluding hydrogens is 254 g/mol. The van der Waals surface area contributed by atoms with Gasteiger partial charge in [-0.2, -0.15) is 0 Å². The summed E-state index contributed by atoms with van der Waals surface area (Å²) in [6.45, 7) is 3.48. The van der Waals surface area contributed by atoms with Gasteiger partial charge >= 0.3 is 0 Å². The van der Waals surface area contributed by atoms with Crippen molar-refractivity contribution in [1.29, 1.82) is 0 Å². The van der Waals surface area contributed by atoms with E-state index in [1.165, 1.54) is 0 Å². The molecule has 5 heteroatoms. The zero-order valence-electron chi connectivity index (χ0n) is 11.6. The molecule has 2 heterocycles. The van der Waals surface area contributed by atoms with Crippen molar-refractivity contribution in [2.24, 2.45) is 5.92 Å². The van der Waals surface area contributed by atoms with Crippen LogP contribution in [0.3, 0.4) is 0 Å². The third kappa shape index (κ3) is 2.45. The van der Waals surface area contributed by atoms with Gasteiger partial charge in [0.15, 0.2) is 0 Å². The zero-order valence-corrected chi connectivity index (χ0v) is 11.6. The molecule has 1 saturated heterocycles. The van der Waals surface area contributed by atoms with Crippen molar-refractivity contribution in [3.05, 3.63) is 23.8 Å². The lowest BCUT2D eigenvalue weighted by Gasteiger charge is -2.24. The fraction of sp³-hybridized carbons (Fsp3) is 0.533. The van der Waals surface area contributed by atoms with Gasteiger partial charge in [-0.25, -0.2) is 0 Å². The van der Waals surface area contributed by atoms with Crippen molar-refractivity contribution in [2.75, 3.05) is 43.4 Å². The summed E-state index contributed by atoms with van der Waals surface area (Å²) in [6, 6.07) is 5.81. The molecule has 1 atom stereocenters. The fourth-order valence-corrected chi connectivity index (χ4v) is 3.06. The highest BCUT2D eigenvalue weighted by molar-refractivity contribution is 6.02. The Kier molecular flexibility index (Phi) is 3.78. The Morgan fingerprint density at radius 2 is 2.20 bits per heavy atom. The van der Waals surface area contributed by atoms with E-state index in [0.29, 0.717) is 5.92 Å². The van der Waals surface area contributed by atoms with Crippen molar-refractivity contribution < 1.29 is 9.90 Å². The summed E-state index contributed by atoms with van der Waals surface area (Å²) in [5.41, 5.74) is 2.68. The number of carbonyl (C=O) groups excluding carboxylic acids is 1. The molecule has 1 unspecified atom stereocenters. The first kappa shape index (κ1) is 13.2. The molecule has 0 saturated carbocycles. The highest BCUT2D eigenvalue weighted by Gasteiger charge is 2.28. The average molecular weight is 275 g/mol. The minimum atomic E-state index is 0.0958. The van der Waals surface area contributed by atoms with Crippen LogP contribution in [0.15, 0.2) is 18.2 Å². The quantitative estimate of drug-likeness (QED) is 0.779. The molecule has 5 nitrogen and oxygen atoms in total. The first-order valence-corrected chi connectivity index (χ1v) is 7.30. The van der Waals surface area contributed by atoms with Crippen LogP contribution in [0.1, 0.15) is 23.2 Å². The second kappa shape index (κ2) is 5.71. The summed E-state index contributed by atoms with van der Waals surface area (Å²) < 4.78 is 0. The number of aliphatic hydroxyl groups is 1. The minimum absolute atomic E-state index is 0.0958. The van der Waals surface area contributed by atoms with Crippen molar-refractivity contribution in [3.63, 3.8) is 0 Å². The number of nitrogens with zero attached hydrogens (tertiary/aromatic N) is 1. The number of likely N-dealkylation sites (tertiary alicyclic amines) is 1. The number of carbonyl (C=O) groups is 1. The lowest BCUT2D eigenvalue weighted by atomic mass is 10.1. The summed E-state index contributed by atoms with van der Waals surface area (Å²) in [5, 5.41) is 15.6. The Labute approximate surface area is 119 Å². The van der Waals surface area contributed by atoms with Crippen molar-refractivity contribution in [3.8, 4) is 0 Å². The van der Waals surface area contributed by atoms with E-state index in [9.17, 15) is 4.79 Å². The predicted molar refractivity (Wildman–Crippen MR) is 79.1 cm³/mol. The van der Waals surface area contributed by atoms with Gasteiger partial charge in [0.25, 0.3) is 5.91 Å². The number of para-hydroxylation sites is 1. The normalized spacial score (nSPS) is 21.1. The molecule has 1 aromatic carbocycles. The Hall–Kier alpha value is -1.75. The Morgan fingerprint density at radius 3 is 3.05 bits per heavy atom. The van der Waals surface area contributed by atoms with E-state index in [4.69, 9.17) is 5.11 Å². The van der Waals surface area contributed by atoms with Gasteiger partial charge in [0.2, 0.25) is 0 Å². The van der Waals surface area contributed by atoms with Gasteiger partial charge in [0, 0.05) is 32.8 Å². The molecule has 3 rings (SSSR count). The van der Waals surface area contributed by atoms with Crippen molar-refractivity contribution in [1.82, 2.24) is 4.90 Å². The molecule has 2 aliphatic heterocycles. The molecule has 0 radical (unpaired) electrons. The molecule has 1 aromatic rings. The second-order valence-electron chi connectivity index (χ2n) is 5.50.